The van der Waals surface area contributed by atoms with Crippen LogP contribution in [0.3, 0.4) is 0 Å². The lowest BCUT2D eigenvalue weighted by Gasteiger charge is -2.14. The van der Waals surface area contributed by atoms with Crippen LogP contribution in [0.5, 0.6) is 0 Å². The monoisotopic (exact) mass is 600 g/mol. The van der Waals surface area contributed by atoms with E-state index in [4.69, 9.17) is 0 Å². The molecule has 240 valence electrons. The van der Waals surface area contributed by atoms with Gasteiger partial charge < -0.3 is 0 Å². The molecule has 0 atom stereocenters. The molecule has 1 N–H and O–H groups in total. The molecule has 3 nitrogen and oxygen atoms in total. The molecule has 0 aliphatic carbocycles. The van der Waals surface area contributed by atoms with Crippen LogP contribution in [0.25, 0.3) is 10.8 Å². The van der Waals surface area contributed by atoms with Gasteiger partial charge in [0.25, 0.3) is 10.1 Å². The number of benzene rings is 2. The van der Waals surface area contributed by atoms with Crippen molar-refractivity contribution in [1.82, 2.24) is 0 Å². The molecule has 0 fully saturated rings. The van der Waals surface area contributed by atoms with E-state index in [2.05, 4.69) is 19.9 Å². The lowest BCUT2D eigenvalue weighted by atomic mass is 9.93. The van der Waals surface area contributed by atoms with Gasteiger partial charge in [0, 0.05) is 5.39 Å². The Labute approximate surface area is 260 Å². The quantitative estimate of drug-likeness (QED) is 0.0819. The minimum absolute atomic E-state index is 0.0486. The molecule has 0 saturated carbocycles. The zero-order valence-corrected chi connectivity index (χ0v) is 28.3. The Morgan fingerprint density at radius 3 is 1.21 bits per heavy atom. The van der Waals surface area contributed by atoms with E-state index in [-0.39, 0.29) is 4.90 Å². The maximum Gasteiger partial charge on any atom is 0.295 e. The van der Waals surface area contributed by atoms with Crippen LogP contribution in [0.15, 0.2) is 35.2 Å². The van der Waals surface area contributed by atoms with Crippen LogP contribution >= 0.6 is 0 Å². The molecule has 4 heteroatoms. The van der Waals surface area contributed by atoms with Gasteiger partial charge in [-0.05, 0) is 48.3 Å². The van der Waals surface area contributed by atoms with Crippen LogP contribution in [-0.4, -0.2) is 13.0 Å². The van der Waals surface area contributed by atoms with Gasteiger partial charge in [0.2, 0.25) is 0 Å². The van der Waals surface area contributed by atoms with Gasteiger partial charge in [-0.25, -0.2) is 0 Å². The molecule has 0 radical (unpaired) electrons. The van der Waals surface area contributed by atoms with Crippen molar-refractivity contribution >= 4 is 20.9 Å². The average molecular weight is 601 g/mol. The molecule has 2 rings (SSSR count). The van der Waals surface area contributed by atoms with Gasteiger partial charge in [-0.2, -0.15) is 8.42 Å². The Hall–Kier alpha value is -1.39. The van der Waals surface area contributed by atoms with Gasteiger partial charge in [0.1, 0.15) is 4.90 Å². The topological polar surface area (TPSA) is 54.4 Å². The van der Waals surface area contributed by atoms with Gasteiger partial charge in [-0.3, -0.25) is 4.55 Å². The first-order chi connectivity index (χ1) is 20.5. The zero-order valence-electron chi connectivity index (χ0n) is 27.4. The molecule has 2 aromatic rings. The lowest BCUT2D eigenvalue weighted by molar-refractivity contribution is 0.484. The highest BCUT2D eigenvalue weighted by Crippen LogP contribution is 2.31. The Morgan fingerprint density at radius 1 is 0.476 bits per heavy atom. The number of fused-ring (bicyclic) bond motifs is 1. The van der Waals surface area contributed by atoms with Crippen LogP contribution < -0.4 is 0 Å². The third kappa shape index (κ3) is 15.4. The van der Waals surface area contributed by atoms with Crippen molar-refractivity contribution in [2.75, 3.05) is 0 Å². The van der Waals surface area contributed by atoms with Crippen LogP contribution in [0, 0.1) is 0 Å². The Kier molecular flexibility index (Phi) is 20.2. The third-order valence-electron chi connectivity index (χ3n) is 9.05. The van der Waals surface area contributed by atoms with E-state index in [0.29, 0.717) is 5.39 Å². The van der Waals surface area contributed by atoms with Crippen LogP contribution in [0.1, 0.15) is 179 Å². The highest BCUT2D eigenvalue weighted by Gasteiger charge is 2.17. The van der Waals surface area contributed by atoms with E-state index in [0.717, 1.165) is 31.1 Å². The number of hydrogen-bond donors (Lipinski definition) is 1. The number of unbranched alkanes of at least 4 members (excludes halogenated alkanes) is 22. The summed E-state index contributed by atoms with van der Waals surface area (Å²) in [5, 5.41) is 1.75. The van der Waals surface area contributed by atoms with Gasteiger partial charge in [0.05, 0.1) is 0 Å². The summed E-state index contributed by atoms with van der Waals surface area (Å²) in [6.07, 6.45) is 33.9. The molecule has 2 aromatic carbocycles. The molecule has 0 heterocycles. The second kappa shape index (κ2) is 23.1. The van der Waals surface area contributed by atoms with E-state index < -0.39 is 10.1 Å². The molecule has 0 bridgehead atoms. The van der Waals surface area contributed by atoms with Crippen LogP contribution in [0.2, 0.25) is 0 Å². The molecule has 0 amide bonds. The normalized spacial score (nSPS) is 12.0. The fraction of sp³-hybridized carbons (Fsp3) is 0.737. The standard InChI is InChI=1S/C38H64O3S/c1-3-5-7-9-11-13-15-17-19-21-23-25-28-34-30-27-31-36-37(42(39,40)41)33-32-35(38(34)36)29-26-24-22-20-18-16-14-12-10-8-6-4-2/h27,30-33H,3-26,28-29H2,1-2H3,(H,39,40,41). The van der Waals surface area contributed by atoms with Crippen molar-refractivity contribution in [2.24, 2.45) is 0 Å². The highest BCUT2D eigenvalue weighted by atomic mass is 32.2. The van der Waals surface area contributed by atoms with E-state index in [1.54, 1.807) is 6.07 Å². The zero-order chi connectivity index (χ0) is 30.3. The summed E-state index contributed by atoms with van der Waals surface area (Å²) in [6.45, 7) is 4.55. The SMILES string of the molecule is CCCCCCCCCCCCCCc1cccc2c(S(=O)(=O)O)ccc(CCCCCCCCCCCCCC)c12. The minimum Gasteiger partial charge on any atom is -0.282 e. The summed E-state index contributed by atoms with van der Waals surface area (Å²) < 4.78 is 34.3. The van der Waals surface area contributed by atoms with E-state index in [1.807, 2.05) is 18.2 Å². The number of hydrogen-bond acceptors (Lipinski definition) is 2. The van der Waals surface area contributed by atoms with Gasteiger partial charge in [-0.15, -0.1) is 0 Å². The summed E-state index contributed by atoms with van der Waals surface area (Å²) in [4.78, 5) is 0.0486. The van der Waals surface area contributed by atoms with E-state index in [1.165, 1.54) is 152 Å². The smallest absolute Gasteiger partial charge is 0.282 e. The van der Waals surface area contributed by atoms with Crippen molar-refractivity contribution in [1.29, 1.82) is 0 Å². The van der Waals surface area contributed by atoms with Crippen molar-refractivity contribution in [3.8, 4) is 0 Å². The Bertz CT molecular complexity index is 1030. The molecule has 0 aliphatic rings. The van der Waals surface area contributed by atoms with E-state index in [9.17, 15) is 13.0 Å². The lowest BCUT2D eigenvalue weighted by Crippen LogP contribution is -2.02. The van der Waals surface area contributed by atoms with Gasteiger partial charge in [0.15, 0.2) is 0 Å². The highest BCUT2D eigenvalue weighted by molar-refractivity contribution is 7.86. The predicted octanol–water partition coefficient (Wildman–Crippen LogP) is 12.6. The molecular weight excluding hydrogens is 536 g/mol. The first kappa shape index (κ1) is 36.8. The first-order valence-corrected chi connectivity index (χ1v) is 19.4. The summed E-state index contributed by atoms with van der Waals surface area (Å²) >= 11 is 0. The number of rotatable bonds is 27. The van der Waals surface area contributed by atoms with Gasteiger partial charge in [-0.1, -0.05) is 179 Å². The van der Waals surface area contributed by atoms with Crippen LogP contribution in [0.4, 0.5) is 0 Å². The average Bonchev–Trinajstić information content (AvgIpc) is 2.97. The molecule has 0 spiro atoms. The molecule has 0 unspecified atom stereocenters. The predicted molar refractivity (Wildman–Crippen MR) is 183 cm³/mol. The summed E-state index contributed by atoms with van der Waals surface area (Å²) in [6, 6.07) is 9.56. The first-order valence-electron chi connectivity index (χ1n) is 18.0. The van der Waals surface area contributed by atoms with Crippen molar-refractivity contribution < 1.29 is 13.0 Å². The van der Waals surface area contributed by atoms with E-state index >= 15 is 0 Å². The minimum atomic E-state index is -4.26. The fourth-order valence-electron chi connectivity index (χ4n) is 6.49. The van der Waals surface area contributed by atoms with Crippen molar-refractivity contribution in [3.05, 3.63) is 41.5 Å². The maximum atomic E-state index is 12.2. The summed E-state index contributed by atoms with van der Waals surface area (Å²) in [5.74, 6) is 0. The van der Waals surface area contributed by atoms with Gasteiger partial charge >= 0.3 is 0 Å². The van der Waals surface area contributed by atoms with Crippen molar-refractivity contribution in [3.63, 3.8) is 0 Å². The third-order valence-corrected chi connectivity index (χ3v) is 9.96. The Balaban J connectivity index is 1.80. The molecule has 0 aliphatic heterocycles. The fourth-order valence-corrected chi connectivity index (χ4v) is 7.18. The second-order valence-corrected chi connectivity index (χ2v) is 14.2. The summed E-state index contributed by atoms with van der Waals surface area (Å²) in [5.41, 5.74) is 2.47. The molecule has 42 heavy (non-hydrogen) atoms. The molecular formula is C38H64O3S. The largest absolute Gasteiger partial charge is 0.295 e. The Morgan fingerprint density at radius 2 is 0.833 bits per heavy atom. The summed E-state index contributed by atoms with van der Waals surface area (Å²) in [7, 11) is -4.26. The van der Waals surface area contributed by atoms with Crippen LogP contribution in [-0.2, 0) is 23.0 Å². The van der Waals surface area contributed by atoms with Crippen molar-refractivity contribution in [2.45, 2.75) is 186 Å². The maximum absolute atomic E-state index is 12.2. The number of aryl methyl sites for hydroxylation is 2. The second-order valence-electron chi connectivity index (χ2n) is 12.8. The molecule has 0 aromatic heterocycles. The molecule has 0 saturated heterocycles.